The van der Waals surface area contributed by atoms with Gasteiger partial charge in [-0.05, 0) is 32.3 Å². The zero-order valence-corrected chi connectivity index (χ0v) is 15.2. The molecule has 9 heteroatoms. The molecule has 1 aromatic rings. The molecule has 0 unspecified atom stereocenters. The van der Waals surface area contributed by atoms with Crippen LogP contribution in [0, 0.1) is 0 Å². The third-order valence-corrected chi connectivity index (χ3v) is 4.16. The molecule has 0 radical (unpaired) electrons. The van der Waals surface area contributed by atoms with Crippen molar-refractivity contribution in [2.45, 2.75) is 6.92 Å². The van der Waals surface area contributed by atoms with E-state index in [1.807, 2.05) is 19.0 Å². The highest BCUT2D eigenvalue weighted by molar-refractivity contribution is 7.92. The van der Waals surface area contributed by atoms with Crippen molar-refractivity contribution in [3.8, 4) is 0 Å². The Bertz CT molecular complexity index is 688. The molecule has 0 aliphatic rings. The molecular weight excluding hydrogens is 332 g/mol. The van der Waals surface area contributed by atoms with E-state index >= 15 is 0 Å². The van der Waals surface area contributed by atoms with Crippen LogP contribution >= 0.6 is 0 Å². The summed E-state index contributed by atoms with van der Waals surface area (Å²) in [5.41, 5.74) is 0.771. The number of anilines is 2. The standard InChI is InChI=1S/C15H24N4O4S/c1-12(20)17-13-6-5-7-14(10-13)19(24(4,22)23)11-15(21)16-8-9-18(2)3/h5-7,10H,8-9,11H2,1-4H3,(H,16,21)(H,17,20). The molecule has 1 aromatic carbocycles. The second kappa shape index (κ2) is 8.65. The lowest BCUT2D eigenvalue weighted by molar-refractivity contribution is -0.119. The van der Waals surface area contributed by atoms with Gasteiger partial charge in [0.05, 0.1) is 11.9 Å². The van der Waals surface area contributed by atoms with Gasteiger partial charge in [0.25, 0.3) is 0 Å². The van der Waals surface area contributed by atoms with Crippen molar-refractivity contribution in [1.29, 1.82) is 0 Å². The van der Waals surface area contributed by atoms with Crippen LogP contribution in [0.3, 0.4) is 0 Å². The van der Waals surface area contributed by atoms with E-state index in [0.29, 0.717) is 24.5 Å². The summed E-state index contributed by atoms with van der Waals surface area (Å²) in [6.45, 7) is 2.12. The normalized spacial score (nSPS) is 11.2. The number of carbonyl (C=O) groups excluding carboxylic acids is 2. The van der Waals surface area contributed by atoms with Gasteiger partial charge in [-0.3, -0.25) is 13.9 Å². The van der Waals surface area contributed by atoms with E-state index in [9.17, 15) is 18.0 Å². The molecule has 0 bridgehead atoms. The Morgan fingerprint density at radius 3 is 2.42 bits per heavy atom. The lowest BCUT2D eigenvalue weighted by Gasteiger charge is -2.22. The maximum atomic E-state index is 12.0. The number of sulfonamides is 1. The molecule has 1 rings (SSSR count). The van der Waals surface area contributed by atoms with Gasteiger partial charge in [-0.25, -0.2) is 8.42 Å². The van der Waals surface area contributed by atoms with E-state index in [-0.39, 0.29) is 12.5 Å². The molecule has 2 N–H and O–H groups in total. The number of nitrogens with zero attached hydrogens (tertiary/aromatic N) is 2. The highest BCUT2D eigenvalue weighted by Crippen LogP contribution is 2.21. The summed E-state index contributed by atoms with van der Waals surface area (Å²) < 4.78 is 25.1. The molecule has 0 aromatic heterocycles. The first-order chi connectivity index (χ1) is 11.1. The van der Waals surface area contributed by atoms with Crippen LogP contribution in [0.4, 0.5) is 11.4 Å². The summed E-state index contributed by atoms with van der Waals surface area (Å²) in [5, 5.41) is 5.26. The minimum atomic E-state index is -3.65. The fourth-order valence-corrected chi connectivity index (χ4v) is 2.80. The number of carbonyl (C=O) groups is 2. The van der Waals surface area contributed by atoms with Crippen LogP contribution in [-0.4, -0.2) is 65.1 Å². The maximum Gasteiger partial charge on any atom is 0.240 e. The summed E-state index contributed by atoms with van der Waals surface area (Å²) in [6, 6.07) is 6.33. The van der Waals surface area contributed by atoms with Crippen LogP contribution in [0.2, 0.25) is 0 Å². The zero-order valence-electron chi connectivity index (χ0n) is 14.4. The predicted octanol–water partition coefficient (Wildman–Crippen LogP) is 0.0888. The number of benzene rings is 1. The van der Waals surface area contributed by atoms with Crippen molar-refractivity contribution in [3.63, 3.8) is 0 Å². The number of hydrogen-bond donors (Lipinski definition) is 2. The number of nitrogens with one attached hydrogen (secondary N) is 2. The third kappa shape index (κ3) is 6.97. The monoisotopic (exact) mass is 356 g/mol. The summed E-state index contributed by atoms with van der Waals surface area (Å²) in [7, 11) is 0.105. The van der Waals surface area contributed by atoms with Crippen LogP contribution in [0.5, 0.6) is 0 Å². The Balaban J connectivity index is 2.91. The Hall–Kier alpha value is -2.13. The molecule has 0 aliphatic carbocycles. The van der Waals surface area contributed by atoms with E-state index in [4.69, 9.17) is 0 Å². The predicted molar refractivity (Wildman–Crippen MR) is 94.5 cm³/mol. The van der Waals surface area contributed by atoms with Gasteiger partial charge in [0.15, 0.2) is 0 Å². The van der Waals surface area contributed by atoms with Crippen LogP contribution in [0.25, 0.3) is 0 Å². The molecule has 8 nitrogen and oxygen atoms in total. The molecule has 0 saturated heterocycles. The molecule has 2 amide bonds. The second-order valence-corrected chi connectivity index (χ2v) is 7.56. The lowest BCUT2D eigenvalue weighted by atomic mass is 10.2. The van der Waals surface area contributed by atoms with E-state index in [1.54, 1.807) is 18.2 Å². The van der Waals surface area contributed by atoms with Crippen molar-refractivity contribution in [3.05, 3.63) is 24.3 Å². The van der Waals surface area contributed by atoms with E-state index in [2.05, 4.69) is 10.6 Å². The zero-order chi connectivity index (χ0) is 18.3. The van der Waals surface area contributed by atoms with E-state index in [0.717, 1.165) is 10.6 Å². The molecule has 134 valence electrons. The average Bonchev–Trinajstić information content (AvgIpc) is 2.42. The Kier molecular flexibility index (Phi) is 7.18. The first kappa shape index (κ1) is 19.9. The molecule has 0 heterocycles. The number of likely N-dealkylation sites (N-methyl/N-ethyl adjacent to an activating group) is 1. The highest BCUT2D eigenvalue weighted by Gasteiger charge is 2.21. The molecular formula is C15H24N4O4S. The average molecular weight is 356 g/mol. The summed E-state index contributed by atoms with van der Waals surface area (Å²) in [6.07, 6.45) is 1.03. The maximum absolute atomic E-state index is 12.0. The minimum Gasteiger partial charge on any atom is -0.353 e. The fraction of sp³-hybridized carbons (Fsp3) is 0.467. The van der Waals surface area contributed by atoms with Gasteiger partial charge in [0, 0.05) is 25.7 Å². The van der Waals surface area contributed by atoms with Crippen LogP contribution in [0.15, 0.2) is 24.3 Å². The Labute approximate surface area is 142 Å². The second-order valence-electron chi connectivity index (χ2n) is 5.65. The number of amides is 2. The highest BCUT2D eigenvalue weighted by atomic mass is 32.2. The molecule has 0 saturated carbocycles. The lowest BCUT2D eigenvalue weighted by Crippen LogP contribution is -2.42. The topological polar surface area (TPSA) is 98.8 Å². The molecule has 0 spiro atoms. The number of hydrogen-bond acceptors (Lipinski definition) is 5. The van der Waals surface area contributed by atoms with E-state index in [1.165, 1.54) is 13.0 Å². The third-order valence-electron chi connectivity index (χ3n) is 3.02. The minimum absolute atomic E-state index is 0.264. The fourth-order valence-electron chi connectivity index (χ4n) is 1.95. The van der Waals surface area contributed by atoms with Gasteiger partial charge < -0.3 is 15.5 Å². The van der Waals surface area contributed by atoms with Crippen molar-refractivity contribution < 1.29 is 18.0 Å². The van der Waals surface area contributed by atoms with Crippen molar-refractivity contribution in [1.82, 2.24) is 10.2 Å². The summed E-state index contributed by atoms with van der Waals surface area (Å²) in [4.78, 5) is 25.1. The van der Waals surface area contributed by atoms with Gasteiger partial charge in [-0.15, -0.1) is 0 Å². The van der Waals surface area contributed by atoms with Gasteiger partial charge in [-0.1, -0.05) is 6.07 Å². The van der Waals surface area contributed by atoms with Crippen LogP contribution < -0.4 is 14.9 Å². The van der Waals surface area contributed by atoms with Crippen molar-refractivity contribution in [2.75, 3.05) is 49.6 Å². The molecule has 24 heavy (non-hydrogen) atoms. The van der Waals surface area contributed by atoms with Gasteiger partial charge in [0.1, 0.15) is 6.54 Å². The summed E-state index contributed by atoms with van der Waals surface area (Å²) in [5.74, 6) is -0.660. The van der Waals surface area contributed by atoms with E-state index < -0.39 is 15.9 Å². The molecule has 0 atom stereocenters. The Morgan fingerprint density at radius 2 is 1.88 bits per heavy atom. The summed E-state index contributed by atoms with van der Waals surface area (Å²) >= 11 is 0. The SMILES string of the molecule is CC(=O)Nc1cccc(N(CC(=O)NCCN(C)C)S(C)(=O)=O)c1. The smallest absolute Gasteiger partial charge is 0.240 e. The molecule has 0 fully saturated rings. The van der Waals surface area contributed by atoms with Gasteiger partial charge in [0.2, 0.25) is 21.8 Å². The van der Waals surface area contributed by atoms with Crippen LogP contribution in [-0.2, 0) is 19.6 Å². The quantitative estimate of drug-likeness (QED) is 0.688. The largest absolute Gasteiger partial charge is 0.353 e. The van der Waals surface area contributed by atoms with Crippen molar-refractivity contribution in [2.24, 2.45) is 0 Å². The first-order valence-electron chi connectivity index (χ1n) is 7.36. The van der Waals surface area contributed by atoms with Gasteiger partial charge in [-0.2, -0.15) is 0 Å². The first-order valence-corrected chi connectivity index (χ1v) is 9.21. The van der Waals surface area contributed by atoms with Gasteiger partial charge >= 0.3 is 0 Å². The molecule has 0 aliphatic heterocycles. The Morgan fingerprint density at radius 1 is 1.21 bits per heavy atom. The van der Waals surface area contributed by atoms with Crippen molar-refractivity contribution >= 4 is 33.2 Å². The van der Waals surface area contributed by atoms with Crippen LogP contribution in [0.1, 0.15) is 6.92 Å². The number of rotatable bonds is 8.